The van der Waals surface area contributed by atoms with Gasteiger partial charge in [0.05, 0.1) is 17.8 Å². The van der Waals surface area contributed by atoms with Crippen LogP contribution in [-0.4, -0.2) is 97.7 Å². The van der Waals surface area contributed by atoms with Crippen molar-refractivity contribution < 1.29 is 63.2 Å². The van der Waals surface area contributed by atoms with Crippen LogP contribution >= 0.6 is 11.6 Å². The van der Waals surface area contributed by atoms with Crippen LogP contribution in [-0.2, 0) is 36.8 Å². The summed E-state index contributed by atoms with van der Waals surface area (Å²) in [6.45, 7) is 14.5. The number of carbonyl (C=O) groups is 3. The first-order chi connectivity index (χ1) is 30.7. The Morgan fingerprint density at radius 2 is 1.66 bits per heavy atom. The maximum atomic E-state index is 15.8. The van der Waals surface area contributed by atoms with E-state index in [9.17, 15) is 30.0 Å². The summed E-state index contributed by atoms with van der Waals surface area (Å²) in [6.07, 6.45) is 4.63. The number of benzene rings is 2. The number of hydrogen-bond donors (Lipinski definition) is 4. The standard InChI is InChI=1S/C51H59ClO13/c1-26(2)12-11-19-49(8)20-18-32-42(63-49)31(16-15-27(3)4)44-37(43(32)62-47-41(57)40(56)39(55)35(24-53)61-47)38(54)33-22-30-23-36-48(6,7)65-50(45(30)58,51(33,36)64-44)21-17-28(5)46(59)60-25-29-13-9-10-14-34(29)52/h9-10,12-15,17-18,20,22,30,35-36,39-41,47,53,55-57H,11,16,19,21,23-25H2,1-8H3/b28-17-/t30?,35-,36?,39-,40-,41-,47+,49?,50?,51?/m1/s1. The zero-order valence-corrected chi connectivity index (χ0v) is 38.9. The lowest BCUT2D eigenvalue weighted by atomic mass is 9.51. The third-order valence-corrected chi connectivity index (χ3v) is 14.2. The second-order valence-corrected chi connectivity index (χ2v) is 19.8. The van der Waals surface area contributed by atoms with Crippen molar-refractivity contribution in [1.29, 1.82) is 0 Å². The Kier molecular flexibility index (Phi) is 12.4. The van der Waals surface area contributed by atoms with E-state index in [4.69, 9.17) is 40.0 Å². The molecule has 3 fully saturated rings. The largest absolute Gasteiger partial charge is 0.482 e. The van der Waals surface area contributed by atoms with Crippen molar-refractivity contribution in [3.63, 3.8) is 0 Å². The first kappa shape index (κ1) is 46.9. The summed E-state index contributed by atoms with van der Waals surface area (Å²) in [5.41, 5.74) is -1.27. The number of ketones is 2. The van der Waals surface area contributed by atoms with Gasteiger partial charge in [-0.2, -0.15) is 0 Å². The summed E-state index contributed by atoms with van der Waals surface area (Å²) in [4.78, 5) is 44.2. The van der Waals surface area contributed by atoms with E-state index in [1.165, 1.54) is 0 Å². The van der Waals surface area contributed by atoms with E-state index >= 15 is 4.79 Å². The van der Waals surface area contributed by atoms with E-state index in [2.05, 4.69) is 6.08 Å². The molecule has 0 amide bonds. The second-order valence-electron chi connectivity index (χ2n) is 19.4. The summed E-state index contributed by atoms with van der Waals surface area (Å²) in [5.74, 6) is -2.29. The van der Waals surface area contributed by atoms with Crippen molar-refractivity contribution in [3.8, 4) is 17.2 Å². The zero-order valence-electron chi connectivity index (χ0n) is 38.1. The fourth-order valence-electron chi connectivity index (χ4n) is 10.4. The van der Waals surface area contributed by atoms with Crippen LogP contribution in [0.15, 0.2) is 76.9 Å². The van der Waals surface area contributed by atoms with Crippen molar-refractivity contribution >= 4 is 35.2 Å². The first-order valence-corrected chi connectivity index (χ1v) is 22.7. The third kappa shape index (κ3) is 7.80. The average Bonchev–Trinajstić information content (AvgIpc) is 3.41. The number of ether oxygens (including phenoxy) is 6. The minimum absolute atomic E-state index is 0.0154. The molecule has 9 rings (SSSR count). The van der Waals surface area contributed by atoms with Crippen LogP contribution < -0.4 is 14.2 Å². The lowest BCUT2D eigenvalue weighted by Crippen LogP contribution is -2.72. The van der Waals surface area contributed by atoms with Crippen LogP contribution in [0.5, 0.6) is 17.2 Å². The molecule has 7 aliphatic rings. The van der Waals surface area contributed by atoms with E-state index in [1.54, 1.807) is 43.3 Å². The Morgan fingerprint density at radius 1 is 0.938 bits per heavy atom. The smallest absolute Gasteiger partial charge is 0.333 e. The topological polar surface area (TPSA) is 188 Å². The van der Waals surface area contributed by atoms with Crippen LogP contribution in [0.1, 0.15) is 108 Å². The predicted octanol–water partition coefficient (Wildman–Crippen LogP) is 7.02. The van der Waals surface area contributed by atoms with Gasteiger partial charge in [-0.15, -0.1) is 0 Å². The molecule has 4 aliphatic heterocycles. The molecular formula is C51H59ClO13. The summed E-state index contributed by atoms with van der Waals surface area (Å²) < 4.78 is 39.5. The molecule has 2 saturated heterocycles. The van der Waals surface area contributed by atoms with Crippen LogP contribution in [0.2, 0.25) is 5.02 Å². The number of halogens is 1. The summed E-state index contributed by atoms with van der Waals surface area (Å²) in [6, 6.07) is 7.04. The monoisotopic (exact) mass is 914 g/mol. The Morgan fingerprint density at radius 3 is 2.35 bits per heavy atom. The van der Waals surface area contributed by atoms with Crippen molar-refractivity contribution in [3.05, 3.63) is 104 Å². The molecule has 10 atom stereocenters. The number of aliphatic hydroxyl groups is 4. The molecule has 13 nitrogen and oxygen atoms in total. The number of rotatable bonds is 13. The fourth-order valence-corrected chi connectivity index (χ4v) is 10.6. The van der Waals surface area contributed by atoms with Gasteiger partial charge in [0.25, 0.3) is 0 Å². The van der Waals surface area contributed by atoms with E-state index in [0.29, 0.717) is 46.7 Å². The number of esters is 1. The molecule has 3 aliphatic carbocycles. The molecular weight excluding hydrogens is 856 g/mol. The Hall–Kier alpha value is -4.60. The Bertz CT molecular complexity index is 2450. The molecule has 4 heterocycles. The average molecular weight is 915 g/mol. The highest BCUT2D eigenvalue weighted by Crippen LogP contribution is 2.69. The van der Waals surface area contributed by atoms with Crippen LogP contribution in [0, 0.1) is 11.8 Å². The minimum Gasteiger partial charge on any atom is -0.482 e. The number of aliphatic hydroxyl groups excluding tert-OH is 4. The highest BCUT2D eigenvalue weighted by atomic mass is 35.5. The quantitative estimate of drug-likeness (QED) is 0.0913. The van der Waals surface area contributed by atoms with Gasteiger partial charge in [-0.3, -0.25) is 9.59 Å². The third-order valence-electron chi connectivity index (χ3n) is 13.8. The maximum Gasteiger partial charge on any atom is 0.333 e. The van der Waals surface area contributed by atoms with Crippen molar-refractivity contribution in [2.24, 2.45) is 11.8 Å². The number of carbonyl (C=O) groups excluding carboxylic acids is 3. The highest BCUT2D eigenvalue weighted by Gasteiger charge is 2.81. The van der Waals surface area contributed by atoms with Gasteiger partial charge in [-0.05, 0) is 99.3 Å². The Balaban J connectivity index is 1.30. The molecule has 1 spiro atoms. The van der Waals surface area contributed by atoms with Gasteiger partial charge >= 0.3 is 5.97 Å². The second kappa shape index (κ2) is 17.2. The van der Waals surface area contributed by atoms with Gasteiger partial charge in [0.15, 0.2) is 22.8 Å². The number of hydrogen-bond acceptors (Lipinski definition) is 13. The Labute approximate surface area is 384 Å². The minimum atomic E-state index is -1.81. The van der Waals surface area contributed by atoms with Gasteiger partial charge in [0.1, 0.15) is 59.4 Å². The maximum absolute atomic E-state index is 15.8. The molecule has 0 aromatic heterocycles. The van der Waals surface area contributed by atoms with Gasteiger partial charge in [-0.25, -0.2) is 4.79 Å². The molecule has 0 radical (unpaired) electrons. The molecule has 2 aromatic carbocycles. The molecule has 65 heavy (non-hydrogen) atoms. The molecule has 5 unspecified atom stereocenters. The normalized spacial score (nSPS) is 32.6. The molecule has 348 valence electrons. The zero-order chi connectivity index (χ0) is 47.0. The van der Waals surface area contributed by atoms with Gasteiger partial charge in [0.2, 0.25) is 6.29 Å². The molecule has 1 saturated carbocycles. The van der Waals surface area contributed by atoms with Crippen LogP contribution in [0.25, 0.3) is 6.08 Å². The number of fused-ring (bicyclic) bond motifs is 2. The van der Waals surface area contributed by atoms with Crippen LogP contribution in [0.3, 0.4) is 0 Å². The molecule has 4 bridgehead atoms. The predicted molar refractivity (Wildman–Crippen MR) is 241 cm³/mol. The molecule has 4 N–H and O–H groups in total. The number of Topliss-reactive ketones (excluding diaryl/α,β-unsaturated/α-hetero) is 2. The lowest BCUT2D eigenvalue weighted by molar-refractivity contribution is -0.277. The molecule has 14 heteroatoms. The van der Waals surface area contributed by atoms with E-state index in [1.807, 2.05) is 66.7 Å². The lowest BCUT2D eigenvalue weighted by Gasteiger charge is -2.56. The van der Waals surface area contributed by atoms with Crippen molar-refractivity contribution in [2.45, 2.75) is 147 Å². The fraction of sp³-hybridized carbons (Fsp3) is 0.510. The van der Waals surface area contributed by atoms with Crippen LogP contribution in [0.4, 0.5) is 0 Å². The van der Waals surface area contributed by atoms with Gasteiger partial charge in [-0.1, -0.05) is 65.3 Å². The van der Waals surface area contributed by atoms with Crippen molar-refractivity contribution in [2.75, 3.05) is 6.61 Å². The summed E-state index contributed by atoms with van der Waals surface area (Å²) in [5, 5.41) is 43.3. The summed E-state index contributed by atoms with van der Waals surface area (Å²) in [7, 11) is 0. The van der Waals surface area contributed by atoms with Gasteiger partial charge < -0.3 is 48.8 Å². The van der Waals surface area contributed by atoms with Gasteiger partial charge in [0, 0.05) is 45.6 Å². The number of allylic oxidation sites excluding steroid dienone is 5. The summed E-state index contributed by atoms with van der Waals surface area (Å²) >= 11 is 6.32. The van der Waals surface area contributed by atoms with E-state index < -0.39 is 83.3 Å². The van der Waals surface area contributed by atoms with Crippen molar-refractivity contribution in [1.82, 2.24) is 0 Å². The van der Waals surface area contributed by atoms with E-state index in [-0.39, 0.29) is 53.4 Å². The highest BCUT2D eigenvalue weighted by molar-refractivity contribution is 6.31. The first-order valence-electron chi connectivity index (χ1n) is 22.3. The SMILES string of the molecule is CC(C)=CCCC1(C)C=Cc2c(c(CC=C(C)C)c3c(c2O[C@@H]2O[C@H](CO)[C@@H](O)[C@@H](O)[C@H]2O)C(=O)C2=CC4CC5C(C)(C)OC(C/C=C(/C)C(=O)OCc6ccccc6Cl)(C4=O)C25O3)O1. The van der Waals surface area contributed by atoms with E-state index in [0.717, 1.165) is 11.1 Å². The molecule has 2 aromatic rings.